The molecule has 2 heterocycles. The van der Waals surface area contributed by atoms with E-state index in [1.807, 2.05) is 13.8 Å². The molecule has 3 N–H and O–H groups in total. The molecular formula is C13H20N4OS. The van der Waals surface area contributed by atoms with Crippen LogP contribution in [0, 0.1) is 6.92 Å². The first kappa shape index (κ1) is 14.0. The van der Waals surface area contributed by atoms with Crippen molar-refractivity contribution in [3.05, 3.63) is 10.9 Å². The number of hydrogen-bond donors (Lipinski definition) is 3. The van der Waals surface area contributed by atoms with Crippen LogP contribution in [-0.4, -0.2) is 34.3 Å². The van der Waals surface area contributed by atoms with Gasteiger partial charge < -0.3 is 15.7 Å². The molecule has 0 bridgehead atoms. The largest absolute Gasteiger partial charge is 0.388 e. The number of aryl methyl sites for hydroxylation is 1. The quantitative estimate of drug-likeness (QED) is 0.785. The van der Waals surface area contributed by atoms with Crippen LogP contribution in [0.5, 0.6) is 0 Å². The molecule has 1 atom stereocenters. The van der Waals surface area contributed by atoms with Gasteiger partial charge in [0.1, 0.15) is 10.6 Å². The molecule has 19 heavy (non-hydrogen) atoms. The maximum Gasteiger partial charge on any atom is 0.225 e. The van der Waals surface area contributed by atoms with Gasteiger partial charge in [-0.15, -0.1) is 11.3 Å². The topological polar surface area (TPSA) is 70.1 Å². The predicted octanol–water partition coefficient (Wildman–Crippen LogP) is 2.61. The fourth-order valence-corrected chi connectivity index (χ4v) is 2.57. The molecule has 0 aliphatic rings. The molecule has 5 nitrogen and oxygen atoms in total. The fraction of sp³-hybridized carbons (Fsp3) is 0.538. The first-order valence-corrected chi connectivity index (χ1v) is 7.19. The molecule has 0 spiro atoms. The zero-order chi connectivity index (χ0) is 14.0. The van der Waals surface area contributed by atoms with Crippen LogP contribution in [-0.2, 0) is 0 Å². The van der Waals surface area contributed by atoms with Crippen molar-refractivity contribution in [3.63, 3.8) is 0 Å². The molecule has 104 valence electrons. The van der Waals surface area contributed by atoms with Gasteiger partial charge in [-0.25, -0.2) is 4.98 Å². The van der Waals surface area contributed by atoms with Gasteiger partial charge in [-0.1, -0.05) is 6.92 Å². The van der Waals surface area contributed by atoms with E-state index in [0.29, 0.717) is 18.9 Å². The SMILES string of the molecule is CCC(C)(O)CNc1nc(NC)nc2sc(C)cc12. The summed E-state index contributed by atoms with van der Waals surface area (Å²) in [6.07, 6.45) is 0.690. The molecule has 0 saturated heterocycles. The second kappa shape index (κ2) is 5.30. The number of anilines is 2. The lowest BCUT2D eigenvalue weighted by Gasteiger charge is -2.22. The van der Waals surface area contributed by atoms with Gasteiger partial charge in [0, 0.05) is 18.5 Å². The van der Waals surface area contributed by atoms with Crippen LogP contribution in [0.4, 0.5) is 11.8 Å². The van der Waals surface area contributed by atoms with Gasteiger partial charge in [0.15, 0.2) is 0 Å². The number of nitrogens with zero attached hydrogens (tertiary/aromatic N) is 2. The van der Waals surface area contributed by atoms with Crippen molar-refractivity contribution in [1.29, 1.82) is 0 Å². The standard InChI is InChI=1S/C13H20N4OS/c1-5-13(3,18)7-15-10-9-6-8(2)19-11(9)17-12(14-4)16-10/h6,18H,5,7H2,1-4H3,(H2,14,15,16,17). The smallest absolute Gasteiger partial charge is 0.225 e. The van der Waals surface area contributed by atoms with E-state index in [2.05, 4.69) is 33.6 Å². The third-order valence-corrected chi connectivity index (χ3v) is 4.08. The Bertz CT molecular complexity index is 579. The van der Waals surface area contributed by atoms with Crippen molar-refractivity contribution in [1.82, 2.24) is 9.97 Å². The molecule has 0 aromatic carbocycles. The van der Waals surface area contributed by atoms with E-state index in [1.54, 1.807) is 18.4 Å². The summed E-state index contributed by atoms with van der Waals surface area (Å²) in [6.45, 7) is 6.30. The number of aliphatic hydroxyl groups is 1. The number of aromatic nitrogens is 2. The van der Waals surface area contributed by atoms with Gasteiger partial charge in [0.2, 0.25) is 5.95 Å². The molecular weight excluding hydrogens is 260 g/mol. The van der Waals surface area contributed by atoms with Crippen LogP contribution >= 0.6 is 11.3 Å². The van der Waals surface area contributed by atoms with Crippen molar-refractivity contribution in [2.24, 2.45) is 0 Å². The first-order valence-electron chi connectivity index (χ1n) is 6.37. The minimum absolute atomic E-state index is 0.466. The van der Waals surface area contributed by atoms with E-state index in [4.69, 9.17) is 0 Å². The molecule has 0 saturated carbocycles. The molecule has 1 unspecified atom stereocenters. The molecule has 0 fully saturated rings. The third-order valence-electron chi connectivity index (χ3n) is 3.14. The summed E-state index contributed by atoms with van der Waals surface area (Å²) in [4.78, 5) is 11.0. The van der Waals surface area contributed by atoms with Crippen LogP contribution in [0.25, 0.3) is 10.2 Å². The lowest BCUT2D eigenvalue weighted by molar-refractivity contribution is 0.0697. The van der Waals surface area contributed by atoms with E-state index < -0.39 is 5.60 Å². The van der Waals surface area contributed by atoms with Crippen molar-refractivity contribution in [3.8, 4) is 0 Å². The van der Waals surface area contributed by atoms with Crippen molar-refractivity contribution in [2.45, 2.75) is 32.8 Å². The minimum atomic E-state index is -0.734. The number of fused-ring (bicyclic) bond motifs is 1. The average Bonchev–Trinajstić information content (AvgIpc) is 2.76. The summed E-state index contributed by atoms with van der Waals surface area (Å²) in [5.41, 5.74) is -0.734. The number of thiophene rings is 1. The van der Waals surface area contributed by atoms with Gasteiger partial charge in [-0.2, -0.15) is 4.98 Å². The molecule has 2 aromatic heterocycles. The maximum absolute atomic E-state index is 10.1. The number of rotatable bonds is 5. The first-order chi connectivity index (χ1) is 8.95. The molecule has 6 heteroatoms. The Morgan fingerprint density at radius 3 is 2.79 bits per heavy atom. The van der Waals surface area contributed by atoms with Crippen LogP contribution in [0.15, 0.2) is 6.07 Å². The summed E-state index contributed by atoms with van der Waals surface area (Å²) in [5, 5.41) is 17.3. The Kier molecular flexibility index (Phi) is 3.91. The molecule has 2 aromatic rings. The Labute approximate surface area is 117 Å². The Hall–Kier alpha value is -1.40. The predicted molar refractivity (Wildman–Crippen MR) is 81.1 cm³/mol. The molecule has 0 amide bonds. The summed E-state index contributed by atoms with van der Waals surface area (Å²) in [5.74, 6) is 1.36. The monoisotopic (exact) mass is 280 g/mol. The lowest BCUT2D eigenvalue weighted by atomic mass is 10.0. The van der Waals surface area contributed by atoms with Crippen LogP contribution in [0.1, 0.15) is 25.1 Å². The van der Waals surface area contributed by atoms with Crippen molar-refractivity contribution >= 4 is 33.3 Å². The van der Waals surface area contributed by atoms with Gasteiger partial charge >= 0.3 is 0 Å². The number of hydrogen-bond acceptors (Lipinski definition) is 6. The summed E-state index contributed by atoms with van der Waals surface area (Å²) in [6, 6.07) is 2.07. The highest BCUT2D eigenvalue weighted by atomic mass is 32.1. The number of nitrogens with one attached hydrogen (secondary N) is 2. The van der Waals surface area contributed by atoms with E-state index >= 15 is 0 Å². The third kappa shape index (κ3) is 3.13. The second-order valence-electron chi connectivity index (χ2n) is 4.93. The summed E-state index contributed by atoms with van der Waals surface area (Å²) < 4.78 is 0. The highest BCUT2D eigenvalue weighted by molar-refractivity contribution is 7.18. The fourth-order valence-electron chi connectivity index (χ4n) is 1.69. The van der Waals surface area contributed by atoms with Gasteiger partial charge in [0.25, 0.3) is 0 Å². The molecule has 0 radical (unpaired) electrons. The van der Waals surface area contributed by atoms with Gasteiger partial charge in [0.05, 0.1) is 11.0 Å². The van der Waals surface area contributed by atoms with Crippen LogP contribution in [0.3, 0.4) is 0 Å². The van der Waals surface area contributed by atoms with Crippen molar-refractivity contribution < 1.29 is 5.11 Å². The lowest BCUT2D eigenvalue weighted by Crippen LogP contribution is -2.32. The van der Waals surface area contributed by atoms with E-state index in [0.717, 1.165) is 16.0 Å². The highest BCUT2D eigenvalue weighted by Crippen LogP contribution is 2.29. The van der Waals surface area contributed by atoms with E-state index in [-0.39, 0.29) is 0 Å². The van der Waals surface area contributed by atoms with E-state index in [1.165, 1.54) is 4.88 Å². The highest BCUT2D eigenvalue weighted by Gasteiger charge is 2.18. The Balaban J connectivity index is 2.35. The Morgan fingerprint density at radius 2 is 2.16 bits per heavy atom. The average molecular weight is 280 g/mol. The maximum atomic E-state index is 10.1. The minimum Gasteiger partial charge on any atom is -0.388 e. The van der Waals surface area contributed by atoms with E-state index in [9.17, 15) is 5.11 Å². The molecule has 2 rings (SSSR count). The molecule has 0 aliphatic carbocycles. The van der Waals surface area contributed by atoms with Crippen LogP contribution in [0.2, 0.25) is 0 Å². The summed E-state index contributed by atoms with van der Waals surface area (Å²) >= 11 is 1.64. The summed E-state index contributed by atoms with van der Waals surface area (Å²) in [7, 11) is 1.80. The second-order valence-corrected chi connectivity index (χ2v) is 6.16. The van der Waals surface area contributed by atoms with Gasteiger partial charge in [-0.3, -0.25) is 0 Å². The van der Waals surface area contributed by atoms with Gasteiger partial charge in [-0.05, 0) is 26.3 Å². The Morgan fingerprint density at radius 1 is 1.42 bits per heavy atom. The normalized spacial score (nSPS) is 14.4. The zero-order valence-corrected chi connectivity index (χ0v) is 12.6. The van der Waals surface area contributed by atoms with Crippen LogP contribution < -0.4 is 10.6 Å². The van der Waals surface area contributed by atoms with Crippen molar-refractivity contribution in [2.75, 3.05) is 24.2 Å². The zero-order valence-electron chi connectivity index (χ0n) is 11.7. The molecule has 0 aliphatic heterocycles.